The van der Waals surface area contributed by atoms with Gasteiger partial charge in [0.05, 0.1) is 7.11 Å². The molecule has 0 aromatic heterocycles. The molecule has 5 heteroatoms. The zero-order valence-corrected chi connectivity index (χ0v) is 13.4. The van der Waals surface area contributed by atoms with Crippen LogP contribution >= 0.6 is 0 Å². The van der Waals surface area contributed by atoms with Crippen molar-refractivity contribution in [1.82, 2.24) is 0 Å². The van der Waals surface area contributed by atoms with Crippen LogP contribution in [0.3, 0.4) is 0 Å². The molecule has 0 bridgehead atoms. The minimum atomic E-state index is -0.137. The summed E-state index contributed by atoms with van der Waals surface area (Å²) in [6.07, 6.45) is 4.31. The Kier molecular flexibility index (Phi) is 5.81. The fourth-order valence-corrected chi connectivity index (χ4v) is 2.74. The van der Waals surface area contributed by atoms with Crippen LogP contribution in [0.15, 0.2) is 18.2 Å². The van der Waals surface area contributed by atoms with Gasteiger partial charge in [0.2, 0.25) is 5.91 Å². The molecule has 2 rings (SSSR count). The smallest absolute Gasteiger partial charge is 0.305 e. The van der Waals surface area contributed by atoms with E-state index in [-0.39, 0.29) is 11.9 Å². The van der Waals surface area contributed by atoms with E-state index in [2.05, 4.69) is 16.1 Å². The highest BCUT2D eigenvalue weighted by Gasteiger charge is 2.21. The lowest BCUT2D eigenvalue weighted by Crippen LogP contribution is -2.25. The van der Waals surface area contributed by atoms with Gasteiger partial charge in [0, 0.05) is 37.8 Å². The van der Waals surface area contributed by atoms with Crippen LogP contribution in [0.4, 0.5) is 11.4 Å². The number of unbranched alkanes of at least 4 members (excludes halogenated alkanes) is 2. The Morgan fingerprint density at radius 2 is 2.09 bits per heavy atom. The van der Waals surface area contributed by atoms with E-state index in [0.717, 1.165) is 50.1 Å². The summed E-state index contributed by atoms with van der Waals surface area (Å²) < 4.78 is 4.61. The summed E-state index contributed by atoms with van der Waals surface area (Å²) in [4.78, 5) is 24.3. The Morgan fingerprint density at radius 1 is 1.27 bits per heavy atom. The summed E-state index contributed by atoms with van der Waals surface area (Å²) in [7, 11) is 1.42. The van der Waals surface area contributed by atoms with E-state index in [4.69, 9.17) is 0 Å². The topological polar surface area (TPSA) is 58.6 Å². The maximum atomic E-state index is 11.5. The standard InChI is InChI=1S/C17H24N2O3/c1-13(20)19-11-9-14-12-15(7-8-16(14)19)18-10-5-3-4-6-17(21)22-2/h7-8,12,18H,3-6,9-11H2,1-2H3. The number of fused-ring (bicyclic) bond motifs is 1. The maximum absolute atomic E-state index is 11.5. The Bertz CT molecular complexity index is 543. The van der Waals surface area contributed by atoms with Gasteiger partial charge in [-0.25, -0.2) is 0 Å². The number of carbonyl (C=O) groups excluding carboxylic acids is 2. The molecule has 0 aliphatic carbocycles. The van der Waals surface area contributed by atoms with Gasteiger partial charge in [-0.3, -0.25) is 9.59 Å². The van der Waals surface area contributed by atoms with Gasteiger partial charge < -0.3 is 15.0 Å². The first-order chi connectivity index (χ1) is 10.6. The van der Waals surface area contributed by atoms with E-state index in [1.54, 1.807) is 6.92 Å². The van der Waals surface area contributed by atoms with Gasteiger partial charge in [0.25, 0.3) is 0 Å². The second kappa shape index (κ2) is 7.82. The number of nitrogens with one attached hydrogen (secondary N) is 1. The van der Waals surface area contributed by atoms with Gasteiger partial charge >= 0.3 is 5.97 Å². The number of benzene rings is 1. The lowest BCUT2D eigenvalue weighted by Gasteiger charge is -2.15. The second-order valence-corrected chi connectivity index (χ2v) is 5.58. The molecular weight excluding hydrogens is 280 g/mol. The number of anilines is 2. The monoisotopic (exact) mass is 304 g/mol. The highest BCUT2D eigenvalue weighted by Crippen LogP contribution is 2.30. The van der Waals surface area contributed by atoms with Crippen molar-refractivity contribution < 1.29 is 14.3 Å². The zero-order chi connectivity index (χ0) is 15.9. The van der Waals surface area contributed by atoms with Crippen molar-refractivity contribution >= 4 is 23.3 Å². The lowest BCUT2D eigenvalue weighted by atomic mass is 10.1. The Balaban J connectivity index is 1.74. The molecule has 1 aliphatic rings. The number of rotatable bonds is 7. The largest absolute Gasteiger partial charge is 0.469 e. The Morgan fingerprint density at radius 3 is 2.82 bits per heavy atom. The predicted octanol–water partition coefficient (Wildman–Crippen LogP) is 2.74. The molecule has 1 aromatic carbocycles. The molecule has 0 saturated carbocycles. The summed E-state index contributed by atoms with van der Waals surface area (Å²) in [5.74, 6) is -0.0355. The third kappa shape index (κ3) is 4.23. The quantitative estimate of drug-likeness (QED) is 0.621. The number of amides is 1. The van der Waals surface area contributed by atoms with Gasteiger partial charge in [-0.15, -0.1) is 0 Å². The van der Waals surface area contributed by atoms with Crippen LogP contribution in [0.2, 0.25) is 0 Å². The van der Waals surface area contributed by atoms with Crippen LogP contribution in [0, 0.1) is 0 Å². The van der Waals surface area contributed by atoms with Crippen LogP contribution in [0.1, 0.15) is 38.2 Å². The predicted molar refractivity (Wildman–Crippen MR) is 87.1 cm³/mol. The van der Waals surface area contributed by atoms with E-state index in [9.17, 15) is 9.59 Å². The van der Waals surface area contributed by atoms with Gasteiger partial charge in [-0.2, -0.15) is 0 Å². The summed E-state index contributed by atoms with van der Waals surface area (Å²) in [5, 5.41) is 3.40. The normalized spacial score (nSPS) is 12.9. The van der Waals surface area contributed by atoms with E-state index < -0.39 is 0 Å². The fraction of sp³-hybridized carbons (Fsp3) is 0.529. The summed E-state index contributed by atoms with van der Waals surface area (Å²) in [6, 6.07) is 6.17. The van der Waals surface area contributed by atoms with Gasteiger partial charge in [0.15, 0.2) is 0 Å². The van der Waals surface area contributed by atoms with Gasteiger partial charge in [-0.05, 0) is 43.0 Å². The number of ether oxygens (including phenoxy) is 1. The van der Waals surface area contributed by atoms with Crippen molar-refractivity contribution in [3.05, 3.63) is 23.8 Å². The highest BCUT2D eigenvalue weighted by atomic mass is 16.5. The molecule has 0 unspecified atom stereocenters. The lowest BCUT2D eigenvalue weighted by molar-refractivity contribution is -0.140. The number of hydrogen-bond acceptors (Lipinski definition) is 4. The zero-order valence-electron chi connectivity index (χ0n) is 13.4. The first-order valence-electron chi connectivity index (χ1n) is 7.83. The van der Waals surface area contributed by atoms with E-state index in [1.165, 1.54) is 12.7 Å². The summed E-state index contributed by atoms with van der Waals surface area (Å²) in [6.45, 7) is 3.27. The number of esters is 1. The van der Waals surface area contributed by atoms with Crippen LogP contribution in [-0.2, 0) is 20.7 Å². The van der Waals surface area contributed by atoms with Crippen molar-refractivity contribution in [1.29, 1.82) is 0 Å². The average Bonchev–Trinajstić information content (AvgIpc) is 2.93. The molecule has 1 amide bonds. The Labute approximate surface area is 131 Å². The fourth-order valence-electron chi connectivity index (χ4n) is 2.74. The number of nitrogens with zero attached hydrogens (tertiary/aromatic N) is 1. The molecular formula is C17H24N2O3. The number of methoxy groups -OCH3 is 1. The maximum Gasteiger partial charge on any atom is 0.305 e. The minimum Gasteiger partial charge on any atom is -0.469 e. The molecule has 1 heterocycles. The molecule has 0 saturated heterocycles. The van der Waals surface area contributed by atoms with Crippen LogP contribution in [-0.4, -0.2) is 32.1 Å². The van der Waals surface area contributed by atoms with E-state index in [0.29, 0.717) is 6.42 Å². The Hall–Kier alpha value is -2.04. The first-order valence-corrected chi connectivity index (χ1v) is 7.83. The van der Waals surface area contributed by atoms with Crippen LogP contribution in [0.5, 0.6) is 0 Å². The van der Waals surface area contributed by atoms with Gasteiger partial charge in [0.1, 0.15) is 0 Å². The molecule has 1 N–H and O–H groups in total. The van der Waals surface area contributed by atoms with Crippen molar-refractivity contribution in [2.75, 3.05) is 30.4 Å². The molecule has 1 aromatic rings. The van der Waals surface area contributed by atoms with Crippen molar-refractivity contribution in [2.45, 2.75) is 39.0 Å². The summed E-state index contributed by atoms with van der Waals surface area (Å²) in [5.41, 5.74) is 3.36. The molecule has 5 nitrogen and oxygen atoms in total. The van der Waals surface area contributed by atoms with E-state index >= 15 is 0 Å². The highest BCUT2D eigenvalue weighted by molar-refractivity contribution is 5.94. The molecule has 0 radical (unpaired) electrons. The molecule has 0 atom stereocenters. The third-order valence-corrected chi connectivity index (χ3v) is 3.97. The van der Waals surface area contributed by atoms with E-state index in [1.807, 2.05) is 17.0 Å². The van der Waals surface area contributed by atoms with Crippen molar-refractivity contribution in [3.63, 3.8) is 0 Å². The number of carbonyl (C=O) groups is 2. The van der Waals surface area contributed by atoms with Crippen molar-refractivity contribution in [2.24, 2.45) is 0 Å². The minimum absolute atomic E-state index is 0.102. The van der Waals surface area contributed by atoms with Crippen LogP contribution in [0.25, 0.3) is 0 Å². The molecule has 0 fully saturated rings. The molecule has 22 heavy (non-hydrogen) atoms. The van der Waals surface area contributed by atoms with Crippen molar-refractivity contribution in [3.8, 4) is 0 Å². The average molecular weight is 304 g/mol. The van der Waals surface area contributed by atoms with Gasteiger partial charge in [-0.1, -0.05) is 6.42 Å². The summed E-state index contributed by atoms with van der Waals surface area (Å²) >= 11 is 0. The molecule has 0 spiro atoms. The first kappa shape index (κ1) is 16.3. The molecule has 120 valence electrons. The molecule has 1 aliphatic heterocycles. The second-order valence-electron chi connectivity index (χ2n) is 5.58. The van der Waals surface area contributed by atoms with Crippen LogP contribution < -0.4 is 10.2 Å². The number of hydrogen-bond donors (Lipinski definition) is 1. The SMILES string of the molecule is COC(=O)CCCCCNc1ccc2c(c1)CCN2C(C)=O. The third-order valence-electron chi connectivity index (χ3n) is 3.97.